The van der Waals surface area contributed by atoms with Gasteiger partial charge in [-0.1, -0.05) is 64.6 Å². The largest absolute Gasteiger partial charge is 0.474 e. The quantitative estimate of drug-likeness (QED) is 0.269. The predicted molar refractivity (Wildman–Crippen MR) is 109 cm³/mol. The number of hydrogen-bond acceptors (Lipinski definition) is 4. The maximum atomic E-state index is 11.5. The Morgan fingerprint density at radius 1 is 1.08 bits per heavy atom. The Morgan fingerprint density at radius 3 is 2.19 bits per heavy atom. The van der Waals surface area contributed by atoms with Gasteiger partial charge in [-0.3, -0.25) is 4.79 Å². The predicted octanol–water partition coefficient (Wildman–Crippen LogP) is 5.32. The van der Waals surface area contributed by atoms with Crippen molar-refractivity contribution in [1.82, 2.24) is 0 Å². The van der Waals surface area contributed by atoms with E-state index in [9.17, 15) is 4.79 Å². The van der Waals surface area contributed by atoms with Crippen molar-refractivity contribution in [3.8, 4) is 0 Å². The van der Waals surface area contributed by atoms with Crippen molar-refractivity contribution in [2.24, 2.45) is 0 Å². The third kappa shape index (κ3) is 6.91. The smallest absolute Gasteiger partial charge is 0.303 e. The molecule has 1 N–H and O–H groups in total. The van der Waals surface area contributed by atoms with Crippen molar-refractivity contribution in [2.75, 3.05) is 6.61 Å². The van der Waals surface area contributed by atoms with Crippen molar-refractivity contribution in [2.45, 2.75) is 96.9 Å². The van der Waals surface area contributed by atoms with Crippen molar-refractivity contribution >= 4 is 19.4 Å². The van der Waals surface area contributed by atoms with Gasteiger partial charge in [-0.2, -0.15) is 0 Å². The van der Waals surface area contributed by atoms with Crippen LogP contribution in [-0.2, 0) is 9.53 Å². The highest BCUT2D eigenvalue weighted by atomic mass is 28.3. The summed E-state index contributed by atoms with van der Waals surface area (Å²) < 4.78 is 11.6. The zero-order valence-electron chi connectivity index (χ0n) is 17.2. The lowest BCUT2D eigenvalue weighted by Gasteiger charge is -2.24. The minimum absolute atomic E-state index is 0.195. The molecule has 0 saturated carbocycles. The molecule has 0 aliphatic rings. The fourth-order valence-corrected chi connectivity index (χ4v) is 7.04. The summed E-state index contributed by atoms with van der Waals surface area (Å²) in [5, 5.41) is 9.96. The highest BCUT2D eigenvalue weighted by Crippen LogP contribution is 2.27. The Kier molecular flexibility index (Phi) is 10.9. The Hall–Kier alpha value is -1.07. The topological polar surface area (TPSA) is 59.7 Å². The molecule has 0 bridgehead atoms. The van der Waals surface area contributed by atoms with Gasteiger partial charge < -0.3 is 14.3 Å². The number of esters is 1. The summed E-state index contributed by atoms with van der Waals surface area (Å²) in [6.07, 6.45) is 8.94. The van der Waals surface area contributed by atoms with Gasteiger partial charge in [0.25, 0.3) is 0 Å². The standard InChI is InChI=1S/C21H38O4Si/c1-5-26(6-2,7-3)21-16-19(17-24-21)20(25-18(4)23)14-12-10-8-9-11-13-15-22/h16-17,20,22H,5-15H2,1-4H3. The van der Waals surface area contributed by atoms with E-state index in [0.717, 1.165) is 49.5 Å². The number of ether oxygens (including phenoxy) is 1. The van der Waals surface area contributed by atoms with E-state index in [1.807, 2.05) is 6.26 Å². The van der Waals surface area contributed by atoms with E-state index in [1.165, 1.54) is 31.5 Å². The van der Waals surface area contributed by atoms with Crippen LogP contribution in [0.15, 0.2) is 16.7 Å². The molecule has 0 aliphatic carbocycles. The minimum atomic E-state index is -1.54. The monoisotopic (exact) mass is 382 g/mol. The maximum absolute atomic E-state index is 11.5. The summed E-state index contributed by atoms with van der Waals surface area (Å²) in [7, 11) is -1.54. The van der Waals surface area contributed by atoms with Crippen LogP contribution >= 0.6 is 0 Å². The average molecular weight is 383 g/mol. The molecule has 1 atom stereocenters. The number of hydrogen-bond donors (Lipinski definition) is 1. The highest BCUT2D eigenvalue weighted by Gasteiger charge is 2.33. The lowest BCUT2D eigenvalue weighted by atomic mass is 10.0. The van der Waals surface area contributed by atoms with Crippen molar-refractivity contribution < 1.29 is 19.1 Å². The molecule has 1 rings (SSSR count). The Balaban J connectivity index is 2.67. The van der Waals surface area contributed by atoms with Gasteiger partial charge in [0.2, 0.25) is 0 Å². The van der Waals surface area contributed by atoms with Crippen LogP contribution in [0.3, 0.4) is 0 Å². The molecule has 0 fully saturated rings. The second-order valence-electron chi connectivity index (χ2n) is 7.32. The fraction of sp³-hybridized carbons (Fsp3) is 0.762. The zero-order chi connectivity index (χ0) is 19.4. The second-order valence-corrected chi connectivity index (χ2v) is 12.5. The van der Waals surface area contributed by atoms with Gasteiger partial charge in [-0.15, -0.1) is 0 Å². The third-order valence-electron chi connectivity index (χ3n) is 5.73. The molecule has 5 heteroatoms. The minimum Gasteiger partial charge on any atom is -0.474 e. The average Bonchev–Trinajstić information content (AvgIpc) is 3.12. The first kappa shape index (κ1) is 23.0. The molecule has 1 aromatic rings. The van der Waals surface area contributed by atoms with E-state index >= 15 is 0 Å². The summed E-state index contributed by atoms with van der Waals surface area (Å²) in [5.74, 6) is -0.231. The van der Waals surface area contributed by atoms with Crippen LogP contribution in [0.1, 0.15) is 84.3 Å². The zero-order valence-corrected chi connectivity index (χ0v) is 18.2. The van der Waals surface area contributed by atoms with Gasteiger partial charge in [0.1, 0.15) is 14.2 Å². The van der Waals surface area contributed by atoms with Crippen molar-refractivity contribution in [1.29, 1.82) is 0 Å². The highest BCUT2D eigenvalue weighted by molar-refractivity contribution is 6.90. The molecular formula is C21H38O4Si. The molecule has 0 aliphatic heterocycles. The summed E-state index contributed by atoms with van der Waals surface area (Å²) in [5.41, 5.74) is 1.02. The van der Waals surface area contributed by atoms with E-state index in [0.29, 0.717) is 0 Å². The van der Waals surface area contributed by atoms with E-state index in [-0.39, 0.29) is 18.7 Å². The van der Waals surface area contributed by atoms with E-state index < -0.39 is 8.07 Å². The van der Waals surface area contributed by atoms with Gasteiger partial charge in [0.05, 0.1) is 11.6 Å². The molecule has 0 aromatic carbocycles. The molecule has 1 unspecified atom stereocenters. The number of rotatable bonds is 14. The van der Waals surface area contributed by atoms with E-state index in [1.54, 1.807) is 0 Å². The maximum Gasteiger partial charge on any atom is 0.303 e. The molecule has 1 heterocycles. The molecule has 0 amide bonds. The normalized spacial score (nSPS) is 13.0. The Morgan fingerprint density at radius 2 is 1.65 bits per heavy atom. The molecule has 0 radical (unpaired) electrons. The van der Waals surface area contributed by atoms with Gasteiger partial charge in [0, 0.05) is 19.1 Å². The van der Waals surface area contributed by atoms with Gasteiger partial charge >= 0.3 is 5.97 Å². The fourth-order valence-electron chi connectivity index (χ4n) is 3.71. The van der Waals surface area contributed by atoms with Crippen LogP contribution in [-0.4, -0.2) is 25.8 Å². The molecule has 0 saturated heterocycles. The van der Waals surface area contributed by atoms with Crippen LogP contribution in [0.2, 0.25) is 18.1 Å². The van der Waals surface area contributed by atoms with Crippen LogP contribution < -0.4 is 5.38 Å². The first-order valence-corrected chi connectivity index (χ1v) is 13.0. The van der Waals surface area contributed by atoms with E-state index in [2.05, 4.69) is 26.8 Å². The lowest BCUT2D eigenvalue weighted by Crippen LogP contribution is -2.44. The molecule has 4 nitrogen and oxygen atoms in total. The Bertz CT molecular complexity index is 500. The van der Waals surface area contributed by atoms with Gasteiger partial charge in [0.15, 0.2) is 0 Å². The number of carbonyl (C=O) groups is 1. The van der Waals surface area contributed by atoms with Crippen molar-refractivity contribution in [3.05, 3.63) is 17.9 Å². The molecule has 150 valence electrons. The first-order valence-electron chi connectivity index (χ1n) is 10.4. The number of aliphatic hydroxyl groups excluding tert-OH is 1. The molecule has 0 spiro atoms. The molecule has 26 heavy (non-hydrogen) atoms. The van der Waals surface area contributed by atoms with Gasteiger partial charge in [-0.05, 0) is 25.3 Å². The number of unbranched alkanes of at least 4 members (excludes halogenated alkanes) is 5. The summed E-state index contributed by atoms with van der Waals surface area (Å²) >= 11 is 0. The SMILES string of the molecule is CC[Si](CC)(CC)c1cc(C(CCCCCCCCO)OC(C)=O)co1. The van der Waals surface area contributed by atoms with Crippen molar-refractivity contribution in [3.63, 3.8) is 0 Å². The number of furan rings is 1. The Labute approximate surface area is 160 Å². The number of carbonyl (C=O) groups excluding carboxylic acids is 1. The van der Waals surface area contributed by atoms with Gasteiger partial charge in [-0.25, -0.2) is 0 Å². The van der Waals surface area contributed by atoms with Crippen LogP contribution in [0.4, 0.5) is 0 Å². The van der Waals surface area contributed by atoms with Crippen LogP contribution in [0.25, 0.3) is 0 Å². The van der Waals surface area contributed by atoms with E-state index in [4.69, 9.17) is 14.3 Å². The van der Waals surface area contributed by atoms with Crippen LogP contribution in [0, 0.1) is 0 Å². The molecular weight excluding hydrogens is 344 g/mol. The second kappa shape index (κ2) is 12.3. The molecule has 1 aromatic heterocycles. The summed E-state index contributed by atoms with van der Waals surface area (Å²) in [4.78, 5) is 11.5. The number of aliphatic hydroxyl groups is 1. The summed E-state index contributed by atoms with van der Waals surface area (Å²) in [6, 6.07) is 5.70. The van der Waals surface area contributed by atoms with Crippen LogP contribution in [0.5, 0.6) is 0 Å². The summed E-state index contributed by atoms with van der Waals surface area (Å²) in [6.45, 7) is 8.56. The first-order chi connectivity index (χ1) is 12.5. The third-order valence-corrected chi connectivity index (χ3v) is 11.1. The lowest BCUT2D eigenvalue weighted by molar-refractivity contribution is -0.147.